The summed E-state index contributed by atoms with van der Waals surface area (Å²) < 4.78 is 5.85. The van der Waals surface area contributed by atoms with Crippen LogP contribution >= 0.6 is 0 Å². The van der Waals surface area contributed by atoms with Gasteiger partial charge < -0.3 is 10.5 Å². The van der Waals surface area contributed by atoms with Gasteiger partial charge in [-0.2, -0.15) is 0 Å². The topological polar surface area (TPSA) is 35.2 Å². The molecule has 0 spiro atoms. The fourth-order valence-electron chi connectivity index (χ4n) is 2.10. The number of fused-ring (bicyclic) bond motifs is 2. The van der Waals surface area contributed by atoms with E-state index in [1.807, 2.05) is 36.4 Å². The molecule has 1 unspecified atom stereocenters. The molecule has 0 fully saturated rings. The van der Waals surface area contributed by atoms with E-state index in [-0.39, 0.29) is 6.04 Å². The van der Waals surface area contributed by atoms with Crippen LogP contribution in [0.25, 0.3) is 0 Å². The van der Waals surface area contributed by atoms with Crippen molar-refractivity contribution < 1.29 is 4.74 Å². The van der Waals surface area contributed by atoms with Gasteiger partial charge in [0.2, 0.25) is 0 Å². The molecule has 2 aromatic rings. The molecule has 0 aromatic heterocycles. The van der Waals surface area contributed by atoms with Crippen molar-refractivity contribution in [3.8, 4) is 11.5 Å². The molecule has 2 aromatic carbocycles. The molecule has 2 N–H and O–H groups in total. The van der Waals surface area contributed by atoms with Crippen molar-refractivity contribution in [2.75, 3.05) is 0 Å². The van der Waals surface area contributed by atoms with E-state index in [0.717, 1.165) is 22.6 Å². The van der Waals surface area contributed by atoms with Gasteiger partial charge in [0.25, 0.3) is 0 Å². The first-order chi connectivity index (χ1) is 7.75. The van der Waals surface area contributed by atoms with Crippen LogP contribution in [0, 0.1) is 6.92 Å². The van der Waals surface area contributed by atoms with E-state index < -0.39 is 0 Å². The molecule has 0 aliphatic carbocycles. The number of hydrogen-bond acceptors (Lipinski definition) is 2. The molecule has 0 bridgehead atoms. The van der Waals surface area contributed by atoms with Gasteiger partial charge in [-0.3, -0.25) is 0 Å². The van der Waals surface area contributed by atoms with Crippen molar-refractivity contribution in [2.45, 2.75) is 13.0 Å². The molecule has 16 heavy (non-hydrogen) atoms. The Bertz CT molecular complexity index is 548. The molecule has 3 rings (SSSR count). The predicted molar refractivity (Wildman–Crippen MR) is 63.7 cm³/mol. The van der Waals surface area contributed by atoms with Crippen LogP contribution in [0.5, 0.6) is 11.5 Å². The number of hydrogen-bond donors (Lipinski definition) is 1. The summed E-state index contributed by atoms with van der Waals surface area (Å²) in [5.74, 6) is 1.75. The minimum atomic E-state index is -0.0828. The Kier molecular flexibility index (Phi) is 1.98. The highest BCUT2D eigenvalue weighted by Gasteiger charge is 2.23. The van der Waals surface area contributed by atoms with Crippen LogP contribution in [0.3, 0.4) is 0 Å². The molecule has 1 heterocycles. The van der Waals surface area contributed by atoms with Crippen molar-refractivity contribution in [3.63, 3.8) is 0 Å². The third-order valence-corrected chi connectivity index (χ3v) is 2.98. The average Bonchev–Trinajstić information content (AvgIpc) is 2.29. The predicted octanol–water partition coefficient (Wildman–Crippen LogP) is 3.15. The molecule has 1 atom stereocenters. The van der Waals surface area contributed by atoms with Crippen LogP contribution in [0.4, 0.5) is 0 Å². The summed E-state index contributed by atoms with van der Waals surface area (Å²) in [6.45, 7) is 2.05. The van der Waals surface area contributed by atoms with Gasteiger partial charge in [0.15, 0.2) is 0 Å². The quantitative estimate of drug-likeness (QED) is 0.726. The maximum atomic E-state index is 6.23. The molecule has 1 aliphatic heterocycles. The minimum Gasteiger partial charge on any atom is -0.457 e. The fourth-order valence-corrected chi connectivity index (χ4v) is 2.10. The van der Waals surface area contributed by atoms with E-state index in [1.165, 1.54) is 5.56 Å². The highest BCUT2D eigenvalue weighted by molar-refractivity contribution is 5.53. The summed E-state index contributed by atoms with van der Waals surface area (Å²) in [7, 11) is 0. The molecule has 2 heteroatoms. The lowest BCUT2D eigenvalue weighted by Crippen LogP contribution is -2.17. The number of para-hydroxylation sites is 1. The summed E-state index contributed by atoms with van der Waals surface area (Å²) in [5.41, 5.74) is 9.53. The normalized spacial score (nSPS) is 17.2. The van der Waals surface area contributed by atoms with Gasteiger partial charge in [-0.05, 0) is 24.6 Å². The lowest BCUT2D eigenvalue weighted by Gasteiger charge is -2.25. The van der Waals surface area contributed by atoms with Crippen LogP contribution in [0.1, 0.15) is 22.7 Å². The van der Waals surface area contributed by atoms with E-state index in [1.54, 1.807) is 0 Å². The third-order valence-electron chi connectivity index (χ3n) is 2.98. The van der Waals surface area contributed by atoms with E-state index in [9.17, 15) is 0 Å². The Balaban J connectivity index is 2.18. The number of benzene rings is 2. The maximum absolute atomic E-state index is 6.23. The zero-order valence-electron chi connectivity index (χ0n) is 9.10. The molecule has 0 radical (unpaired) electrons. The van der Waals surface area contributed by atoms with Crippen molar-refractivity contribution in [1.82, 2.24) is 0 Å². The van der Waals surface area contributed by atoms with Crippen LogP contribution in [0.15, 0.2) is 42.5 Å². The number of ether oxygens (including phenoxy) is 1. The second-order valence-electron chi connectivity index (χ2n) is 4.16. The zero-order chi connectivity index (χ0) is 11.1. The second kappa shape index (κ2) is 3.35. The van der Waals surface area contributed by atoms with Gasteiger partial charge in [-0.15, -0.1) is 0 Å². The van der Waals surface area contributed by atoms with Gasteiger partial charge in [0, 0.05) is 11.1 Å². The molecular formula is C14H13NO. The van der Waals surface area contributed by atoms with Crippen LogP contribution < -0.4 is 10.5 Å². The second-order valence-corrected chi connectivity index (χ2v) is 4.16. The number of rotatable bonds is 0. The maximum Gasteiger partial charge on any atom is 0.132 e. The Hall–Kier alpha value is -1.80. The fraction of sp³-hybridized carbons (Fsp3) is 0.143. The molecule has 0 amide bonds. The number of nitrogens with two attached hydrogens (primary N) is 1. The molecule has 1 aliphatic rings. The largest absolute Gasteiger partial charge is 0.457 e. The Morgan fingerprint density at radius 2 is 1.75 bits per heavy atom. The lowest BCUT2D eigenvalue weighted by atomic mass is 9.95. The molecule has 0 saturated heterocycles. The highest BCUT2D eigenvalue weighted by atomic mass is 16.5. The summed E-state index contributed by atoms with van der Waals surface area (Å²) >= 11 is 0. The van der Waals surface area contributed by atoms with Gasteiger partial charge in [0.1, 0.15) is 11.5 Å². The van der Waals surface area contributed by atoms with E-state index in [2.05, 4.69) is 13.0 Å². The zero-order valence-corrected chi connectivity index (χ0v) is 9.10. The first kappa shape index (κ1) is 9.43. The summed E-state index contributed by atoms with van der Waals surface area (Å²) in [4.78, 5) is 0. The molecule has 80 valence electrons. The van der Waals surface area contributed by atoms with Crippen LogP contribution in [-0.4, -0.2) is 0 Å². The highest BCUT2D eigenvalue weighted by Crippen LogP contribution is 2.41. The Morgan fingerprint density at radius 3 is 2.62 bits per heavy atom. The van der Waals surface area contributed by atoms with Crippen molar-refractivity contribution in [1.29, 1.82) is 0 Å². The standard InChI is InChI=1S/C14H13NO/c1-9-6-7-11-13(8-9)16-12-5-3-2-4-10(12)14(11)15/h2-8,14H,15H2,1H3. The van der Waals surface area contributed by atoms with Crippen LogP contribution in [0.2, 0.25) is 0 Å². The van der Waals surface area contributed by atoms with Crippen molar-refractivity contribution >= 4 is 0 Å². The molecular weight excluding hydrogens is 198 g/mol. The van der Waals surface area contributed by atoms with Crippen molar-refractivity contribution in [3.05, 3.63) is 59.2 Å². The summed E-state index contributed by atoms with van der Waals surface area (Å²) in [5, 5.41) is 0. The summed E-state index contributed by atoms with van der Waals surface area (Å²) in [6, 6.07) is 14.0. The lowest BCUT2D eigenvalue weighted by molar-refractivity contribution is 0.447. The third kappa shape index (κ3) is 1.31. The monoisotopic (exact) mass is 211 g/mol. The van der Waals surface area contributed by atoms with Gasteiger partial charge in [-0.25, -0.2) is 0 Å². The molecule has 2 nitrogen and oxygen atoms in total. The first-order valence-corrected chi connectivity index (χ1v) is 5.38. The minimum absolute atomic E-state index is 0.0828. The van der Waals surface area contributed by atoms with Crippen LogP contribution in [-0.2, 0) is 0 Å². The Labute approximate surface area is 94.7 Å². The summed E-state index contributed by atoms with van der Waals surface area (Å²) in [6.07, 6.45) is 0. The van der Waals surface area contributed by atoms with E-state index in [0.29, 0.717) is 0 Å². The first-order valence-electron chi connectivity index (χ1n) is 5.38. The smallest absolute Gasteiger partial charge is 0.132 e. The average molecular weight is 211 g/mol. The van der Waals surface area contributed by atoms with E-state index >= 15 is 0 Å². The van der Waals surface area contributed by atoms with Crippen molar-refractivity contribution in [2.24, 2.45) is 5.73 Å². The molecule has 0 saturated carbocycles. The number of aryl methyl sites for hydroxylation is 1. The Morgan fingerprint density at radius 1 is 1.00 bits per heavy atom. The van der Waals surface area contributed by atoms with Gasteiger partial charge >= 0.3 is 0 Å². The SMILES string of the molecule is Cc1ccc2c(c1)Oc1ccccc1C2N. The van der Waals surface area contributed by atoms with Gasteiger partial charge in [-0.1, -0.05) is 30.3 Å². The van der Waals surface area contributed by atoms with Gasteiger partial charge in [0.05, 0.1) is 6.04 Å². The van der Waals surface area contributed by atoms with E-state index in [4.69, 9.17) is 10.5 Å².